The number of carbonyl (C=O) groups is 2. The van der Waals surface area contributed by atoms with Gasteiger partial charge in [0.15, 0.2) is 0 Å². The van der Waals surface area contributed by atoms with Crippen molar-refractivity contribution < 1.29 is 14.3 Å². The minimum atomic E-state index is -0.616. The molecule has 2 aromatic rings. The molecule has 140 valence electrons. The largest absolute Gasteiger partial charge is 0.497 e. The zero-order valence-corrected chi connectivity index (χ0v) is 15.6. The van der Waals surface area contributed by atoms with Crippen molar-refractivity contribution >= 4 is 11.8 Å². The Bertz CT molecular complexity index is 711. The molecule has 2 N–H and O–H groups in total. The molecule has 0 saturated heterocycles. The van der Waals surface area contributed by atoms with Gasteiger partial charge in [-0.2, -0.15) is 0 Å². The van der Waals surface area contributed by atoms with Crippen molar-refractivity contribution in [1.82, 2.24) is 20.2 Å². The summed E-state index contributed by atoms with van der Waals surface area (Å²) >= 11 is 0. The van der Waals surface area contributed by atoms with Crippen molar-refractivity contribution in [3.63, 3.8) is 0 Å². The van der Waals surface area contributed by atoms with Gasteiger partial charge in [0.2, 0.25) is 5.91 Å². The van der Waals surface area contributed by atoms with Gasteiger partial charge in [0.1, 0.15) is 11.8 Å². The molecular weight excluding hydrogens is 332 g/mol. The van der Waals surface area contributed by atoms with Crippen LogP contribution in [-0.2, 0) is 11.3 Å². The Morgan fingerprint density at radius 1 is 1.15 bits per heavy atom. The minimum absolute atomic E-state index is 0.0438. The highest BCUT2D eigenvalue weighted by Gasteiger charge is 2.25. The van der Waals surface area contributed by atoms with Gasteiger partial charge >= 0.3 is 0 Å². The number of ether oxygens (including phenoxy) is 1. The van der Waals surface area contributed by atoms with Crippen molar-refractivity contribution in [3.8, 4) is 5.75 Å². The summed E-state index contributed by atoms with van der Waals surface area (Å²) in [6.07, 6.45) is 5.24. The van der Waals surface area contributed by atoms with E-state index in [1.165, 1.54) is 0 Å². The van der Waals surface area contributed by atoms with Crippen LogP contribution in [0.3, 0.4) is 0 Å². The maximum absolute atomic E-state index is 12.6. The normalized spacial score (nSPS) is 13.1. The van der Waals surface area contributed by atoms with E-state index in [1.807, 2.05) is 31.5 Å². The fraction of sp³-hybridized carbons (Fsp3) is 0.421. The van der Waals surface area contributed by atoms with Gasteiger partial charge < -0.3 is 19.9 Å². The first kappa shape index (κ1) is 19.5. The zero-order chi connectivity index (χ0) is 19.1. The predicted octanol–water partition coefficient (Wildman–Crippen LogP) is 1.85. The summed E-state index contributed by atoms with van der Waals surface area (Å²) in [7, 11) is 1.57. The standard InChI is InChI=1S/C19H26N4O3/c1-13(2)17(19(25)21-14(3)11-23-10-9-20-12-23)22-18(24)15-5-7-16(26-4)8-6-15/h5-10,12-14,17H,11H2,1-4H3,(H,21,25)(H,22,24)/t14-,17+/m1/s1. The molecule has 2 amide bonds. The van der Waals surface area contributed by atoms with Gasteiger partial charge in [-0.1, -0.05) is 13.8 Å². The van der Waals surface area contributed by atoms with Crippen LogP contribution in [0.25, 0.3) is 0 Å². The average molecular weight is 358 g/mol. The highest BCUT2D eigenvalue weighted by Crippen LogP contribution is 2.12. The van der Waals surface area contributed by atoms with E-state index < -0.39 is 6.04 Å². The first-order valence-electron chi connectivity index (χ1n) is 8.61. The Hall–Kier alpha value is -2.83. The van der Waals surface area contributed by atoms with Gasteiger partial charge in [-0.3, -0.25) is 9.59 Å². The molecule has 7 heteroatoms. The van der Waals surface area contributed by atoms with Crippen molar-refractivity contribution in [2.75, 3.05) is 7.11 Å². The third-order valence-corrected chi connectivity index (χ3v) is 4.02. The van der Waals surface area contributed by atoms with E-state index in [4.69, 9.17) is 4.74 Å². The molecule has 0 fully saturated rings. The molecule has 1 aromatic heterocycles. The fourth-order valence-corrected chi connectivity index (χ4v) is 2.59. The predicted molar refractivity (Wildman–Crippen MR) is 98.9 cm³/mol. The third-order valence-electron chi connectivity index (χ3n) is 4.02. The minimum Gasteiger partial charge on any atom is -0.497 e. The average Bonchev–Trinajstić information content (AvgIpc) is 3.11. The molecule has 0 bridgehead atoms. The highest BCUT2D eigenvalue weighted by molar-refractivity contribution is 5.97. The molecule has 0 radical (unpaired) electrons. The number of hydrogen-bond acceptors (Lipinski definition) is 4. The quantitative estimate of drug-likeness (QED) is 0.754. The Morgan fingerprint density at radius 2 is 1.85 bits per heavy atom. The monoisotopic (exact) mass is 358 g/mol. The number of rotatable bonds is 8. The van der Waals surface area contributed by atoms with Crippen LogP contribution >= 0.6 is 0 Å². The van der Waals surface area contributed by atoms with Gasteiger partial charge in [-0.25, -0.2) is 4.98 Å². The molecule has 0 aliphatic rings. The van der Waals surface area contributed by atoms with E-state index in [0.29, 0.717) is 17.9 Å². The number of amides is 2. The SMILES string of the molecule is COc1ccc(C(=O)N[C@H](C(=O)N[C@H](C)Cn2ccnc2)C(C)C)cc1. The highest BCUT2D eigenvalue weighted by atomic mass is 16.5. The number of nitrogens with one attached hydrogen (secondary N) is 2. The van der Waals surface area contributed by atoms with Crippen molar-refractivity contribution in [2.45, 2.75) is 39.4 Å². The summed E-state index contributed by atoms with van der Waals surface area (Å²) in [6.45, 7) is 6.34. The summed E-state index contributed by atoms with van der Waals surface area (Å²) in [5.74, 6) is 0.143. The van der Waals surface area contributed by atoms with Gasteiger partial charge in [0.05, 0.1) is 13.4 Å². The second-order valence-electron chi connectivity index (χ2n) is 6.59. The number of aromatic nitrogens is 2. The summed E-state index contributed by atoms with van der Waals surface area (Å²) in [6, 6.07) is 6.07. The van der Waals surface area contributed by atoms with Crippen LogP contribution in [-0.4, -0.2) is 40.6 Å². The summed E-state index contributed by atoms with van der Waals surface area (Å²) < 4.78 is 6.99. The summed E-state index contributed by atoms with van der Waals surface area (Å²) in [5, 5.41) is 5.78. The van der Waals surface area contributed by atoms with Crippen LogP contribution in [0.1, 0.15) is 31.1 Å². The molecule has 0 spiro atoms. The Kier molecular flexibility index (Phi) is 6.77. The van der Waals surface area contributed by atoms with E-state index in [1.54, 1.807) is 43.9 Å². The Morgan fingerprint density at radius 3 is 2.38 bits per heavy atom. The maximum Gasteiger partial charge on any atom is 0.251 e. The molecule has 1 heterocycles. The van der Waals surface area contributed by atoms with Crippen LogP contribution in [0.2, 0.25) is 0 Å². The second-order valence-corrected chi connectivity index (χ2v) is 6.59. The van der Waals surface area contributed by atoms with Gasteiger partial charge in [0, 0.05) is 30.5 Å². The molecule has 7 nitrogen and oxygen atoms in total. The lowest BCUT2D eigenvalue weighted by Crippen LogP contribution is -2.52. The van der Waals surface area contributed by atoms with Gasteiger partial charge in [-0.15, -0.1) is 0 Å². The molecule has 1 aromatic carbocycles. The van der Waals surface area contributed by atoms with Crippen LogP contribution in [0.15, 0.2) is 43.0 Å². The van der Waals surface area contributed by atoms with Gasteiger partial charge in [-0.05, 0) is 37.1 Å². The lowest BCUT2D eigenvalue weighted by atomic mass is 10.0. The van der Waals surface area contributed by atoms with Crippen molar-refractivity contribution in [2.24, 2.45) is 5.92 Å². The van der Waals surface area contributed by atoms with Gasteiger partial charge in [0.25, 0.3) is 5.91 Å². The van der Waals surface area contributed by atoms with Crippen molar-refractivity contribution in [1.29, 1.82) is 0 Å². The molecule has 26 heavy (non-hydrogen) atoms. The zero-order valence-electron chi connectivity index (χ0n) is 15.6. The first-order valence-corrected chi connectivity index (χ1v) is 8.61. The lowest BCUT2D eigenvalue weighted by Gasteiger charge is -2.24. The third kappa shape index (κ3) is 5.34. The van der Waals surface area contributed by atoms with Crippen LogP contribution < -0.4 is 15.4 Å². The Balaban J connectivity index is 1.97. The number of imidazole rings is 1. The number of carbonyl (C=O) groups excluding carboxylic acids is 2. The second kappa shape index (κ2) is 9.03. The number of hydrogen-bond donors (Lipinski definition) is 2. The fourth-order valence-electron chi connectivity index (χ4n) is 2.59. The molecule has 2 rings (SSSR count). The van der Waals surface area contributed by atoms with Crippen LogP contribution in [0.5, 0.6) is 5.75 Å². The van der Waals surface area contributed by atoms with E-state index in [0.717, 1.165) is 0 Å². The number of nitrogens with zero attached hydrogens (tertiary/aromatic N) is 2. The van der Waals surface area contributed by atoms with Crippen LogP contribution in [0.4, 0.5) is 0 Å². The molecular formula is C19H26N4O3. The molecule has 0 saturated carbocycles. The van der Waals surface area contributed by atoms with E-state index >= 15 is 0 Å². The maximum atomic E-state index is 12.6. The van der Waals surface area contributed by atoms with E-state index in [9.17, 15) is 9.59 Å². The summed E-state index contributed by atoms with van der Waals surface area (Å²) in [5.41, 5.74) is 0.482. The molecule has 0 aliphatic heterocycles. The van der Waals surface area contributed by atoms with Crippen LogP contribution in [0, 0.1) is 5.92 Å². The smallest absolute Gasteiger partial charge is 0.251 e. The number of benzene rings is 1. The topological polar surface area (TPSA) is 85.2 Å². The van der Waals surface area contributed by atoms with E-state index in [2.05, 4.69) is 15.6 Å². The molecule has 0 unspecified atom stereocenters. The molecule has 2 atom stereocenters. The molecule has 0 aliphatic carbocycles. The Labute approximate surface area is 153 Å². The summed E-state index contributed by atoms with van der Waals surface area (Å²) in [4.78, 5) is 29.1. The lowest BCUT2D eigenvalue weighted by molar-refractivity contribution is -0.124. The van der Waals surface area contributed by atoms with E-state index in [-0.39, 0.29) is 23.8 Å². The number of methoxy groups -OCH3 is 1. The first-order chi connectivity index (χ1) is 12.4. The van der Waals surface area contributed by atoms with Crippen molar-refractivity contribution in [3.05, 3.63) is 48.5 Å².